The molecule has 2 aromatic rings. The molecule has 20 heavy (non-hydrogen) atoms. The molecule has 0 saturated heterocycles. The molecule has 0 heterocycles. The van der Waals surface area contributed by atoms with Gasteiger partial charge in [0.2, 0.25) is 0 Å². The number of phenols is 1. The number of nitrogens with one attached hydrogen (secondary N) is 1. The Morgan fingerprint density at radius 2 is 1.90 bits per heavy atom. The van der Waals surface area contributed by atoms with Crippen LogP contribution in [0.4, 0.5) is 5.69 Å². The van der Waals surface area contributed by atoms with Crippen LogP contribution in [-0.4, -0.2) is 18.1 Å². The fourth-order valence-corrected chi connectivity index (χ4v) is 1.94. The van der Waals surface area contributed by atoms with Gasteiger partial charge in [-0.2, -0.15) is 0 Å². The van der Waals surface area contributed by atoms with E-state index in [4.69, 9.17) is 4.74 Å². The highest BCUT2D eigenvalue weighted by atomic mass is 16.5. The Kier molecular flexibility index (Phi) is 3.94. The van der Waals surface area contributed by atoms with Gasteiger partial charge in [-0.05, 0) is 49.2 Å². The Morgan fingerprint density at radius 1 is 1.15 bits per heavy atom. The fraction of sp³-hybridized carbons (Fsp3) is 0.188. The summed E-state index contributed by atoms with van der Waals surface area (Å²) in [6.45, 7) is 3.64. The molecule has 0 radical (unpaired) electrons. The molecular formula is C16H17NO3. The Hall–Kier alpha value is -2.49. The molecule has 2 rings (SSSR count). The average Bonchev–Trinajstić information content (AvgIpc) is 2.44. The topological polar surface area (TPSA) is 58.6 Å². The van der Waals surface area contributed by atoms with E-state index in [0.717, 1.165) is 11.3 Å². The molecule has 4 nitrogen and oxygen atoms in total. The van der Waals surface area contributed by atoms with Crippen LogP contribution in [0, 0.1) is 13.8 Å². The van der Waals surface area contributed by atoms with Crippen LogP contribution < -0.4 is 10.1 Å². The molecule has 1 amide bonds. The average molecular weight is 271 g/mol. The van der Waals surface area contributed by atoms with E-state index in [2.05, 4.69) is 5.32 Å². The van der Waals surface area contributed by atoms with Crippen molar-refractivity contribution in [2.45, 2.75) is 13.8 Å². The minimum Gasteiger partial charge on any atom is -0.507 e. The third-order valence-electron chi connectivity index (χ3n) is 3.16. The molecule has 0 unspecified atom stereocenters. The van der Waals surface area contributed by atoms with E-state index in [1.54, 1.807) is 44.4 Å². The second-order valence-corrected chi connectivity index (χ2v) is 4.61. The summed E-state index contributed by atoms with van der Waals surface area (Å²) >= 11 is 0. The van der Waals surface area contributed by atoms with Crippen LogP contribution in [-0.2, 0) is 0 Å². The number of anilines is 1. The van der Waals surface area contributed by atoms with Gasteiger partial charge in [-0.25, -0.2) is 0 Å². The number of phenolic OH excluding ortho intramolecular Hbond substituents is 1. The van der Waals surface area contributed by atoms with Crippen molar-refractivity contribution in [2.75, 3.05) is 12.4 Å². The minimum absolute atomic E-state index is 0.0103. The number of carbonyl (C=O) groups is 1. The van der Waals surface area contributed by atoms with Gasteiger partial charge in [0, 0.05) is 5.69 Å². The van der Waals surface area contributed by atoms with Gasteiger partial charge in [0.25, 0.3) is 5.91 Å². The third-order valence-corrected chi connectivity index (χ3v) is 3.16. The van der Waals surface area contributed by atoms with E-state index in [0.29, 0.717) is 11.3 Å². The number of benzene rings is 2. The number of amides is 1. The van der Waals surface area contributed by atoms with Crippen molar-refractivity contribution in [1.29, 1.82) is 0 Å². The minimum atomic E-state index is -0.334. The van der Waals surface area contributed by atoms with Crippen molar-refractivity contribution < 1.29 is 14.6 Å². The van der Waals surface area contributed by atoms with Gasteiger partial charge in [-0.15, -0.1) is 0 Å². The van der Waals surface area contributed by atoms with E-state index in [1.807, 2.05) is 13.0 Å². The maximum absolute atomic E-state index is 12.2. The van der Waals surface area contributed by atoms with Crippen molar-refractivity contribution in [2.24, 2.45) is 0 Å². The zero-order valence-electron chi connectivity index (χ0n) is 11.7. The van der Waals surface area contributed by atoms with Crippen molar-refractivity contribution in [3.05, 3.63) is 53.1 Å². The predicted octanol–water partition coefficient (Wildman–Crippen LogP) is 3.27. The van der Waals surface area contributed by atoms with Crippen LogP contribution in [0.1, 0.15) is 21.5 Å². The monoisotopic (exact) mass is 271 g/mol. The SMILES string of the molecule is COc1ccc(NC(=O)c2cccc(C)c2O)c(C)c1. The molecule has 0 atom stereocenters. The number of carbonyl (C=O) groups excluding carboxylic acids is 1. The molecule has 0 bridgehead atoms. The van der Waals surface area contributed by atoms with Crippen LogP contribution >= 0.6 is 0 Å². The summed E-state index contributed by atoms with van der Waals surface area (Å²) in [4.78, 5) is 12.2. The van der Waals surface area contributed by atoms with Gasteiger partial charge >= 0.3 is 0 Å². The normalized spacial score (nSPS) is 10.2. The molecule has 104 valence electrons. The van der Waals surface area contributed by atoms with Crippen molar-refractivity contribution in [3.63, 3.8) is 0 Å². The van der Waals surface area contributed by atoms with E-state index in [1.165, 1.54) is 0 Å². The summed E-state index contributed by atoms with van der Waals surface area (Å²) in [6, 6.07) is 10.5. The van der Waals surface area contributed by atoms with Gasteiger partial charge in [-0.3, -0.25) is 4.79 Å². The number of methoxy groups -OCH3 is 1. The highest BCUT2D eigenvalue weighted by Crippen LogP contribution is 2.25. The van der Waals surface area contributed by atoms with Crippen molar-refractivity contribution >= 4 is 11.6 Å². The number of hydrogen-bond acceptors (Lipinski definition) is 3. The largest absolute Gasteiger partial charge is 0.507 e. The van der Waals surface area contributed by atoms with Crippen LogP contribution in [0.25, 0.3) is 0 Å². The maximum Gasteiger partial charge on any atom is 0.259 e. The lowest BCUT2D eigenvalue weighted by Crippen LogP contribution is -2.13. The molecule has 0 aromatic heterocycles. The lowest BCUT2D eigenvalue weighted by Gasteiger charge is -2.11. The smallest absolute Gasteiger partial charge is 0.259 e. The Labute approximate surface area is 118 Å². The molecular weight excluding hydrogens is 254 g/mol. The van der Waals surface area contributed by atoms with E-state index in [9.17, 15) is 9.90 Å². The van der Waals surface area contributed by atoms with Gasteiger partial charge in [0.1, 0.15) is 11.5 Å². The number of rotatable bonds is 3. The first-order valence-electron chi connectivity index (χ1n) is 6.27. The molecule has 0 aliphatic heterocycles. The zero-order valence-corrected chi connectivity index (χ0v) is 11.7. The highest BCUT2D eigenvalue weighted by molar-refractivity contribution is 6.06. The van der Waals surface area contributed by atoms with Crippen LogP contribution in [0.15, 0.2) is 36.4 Å². The van der Waals surface area contributed by atoms with Crippen molar-refractivity contribution in [3.8, 4) is 11.5 Å². The number of hydrogen-bond donors (Lipinski definition) is 2. The first kappa shape index (κ1) is 13.9. The summed E-state index contributed by atoms with van der Waals surface area (Å²) < 4.78 is 5.12. The summed E-state index contributed by atoms with van der Waals surface area (Å²) in [5, 5.41) is 12.7. The maximum atomic E-state index is 12.2. The molecule has 0 fully saturated rings. The molecule has 0 aliphatic carbocycles. The predicted molar refractivity (Wildman–Crippen MR) is 78.5 cm³/mol. The Bertz CT molecular complexity index is 650. The van der Waals surface area contributed by atoms with Crippen molar-refractivity contribution in [1.82, 2.24) is 0 Å². The van der Waals surface area contributed by atoms with Gasteiger partial charge in [0.05, 0.1) is 12.7 Å². The Morgan fingerprint density at radius 3 is 2.55 bits per heavy atom. The van der Waals surface area contributed by atoms with Gasteiger partial charge < -0.3 is 15.2 Å². The highest BCUT2D eigenvalue weighted by Gasteiger charge is 2.13. The third kappa shape index (κ3) is 2.74. The number of aryl methyl sites for hydroxylation is 2. The van der Waals surface area contributed by atoms with Crippen LogP contribution in [0.3, 0.4) is 0 Å². The first-order valence-corrected chi connectivity index (χ1v) is 6.27. The second kappa shape index (κ2) is 5.65. The number of para-hydroxylation sites is 1. The van der Waals surface area contributed by atoms with Crippen LogP contribution in [0.5, 0.6) is 11.5 Å². The first-order chi connectivity index (χ1) is 9.52. The molecule has 2 N–H and O–H groups in total. The summed E-state index contributed by atoms with van der Waals surface area (Å²) in [5.74, 6) is 0.412. The molecule has 4 heteroatoms. The zero-order chi connectivity index (χ0) is 14.7. The summed E-state index contributed by atoms with van der Waals surface area (Å²) in [7, 11) is 1.60. The van der Waals surface area contributed by atoms with Gasteiger partial charge in [0.15, 0.2) is 0 Å². The van der Waals surface area contributed by atoms with E-state index in [-0.39, 0.29) is 17.2 Å². The fourth-order valence-electron chi connectivity index (χ4n) is 1.94. The standard InChI is InChI=1S/C16H17NO3/c1-10-5-4-6-13(15(10)18)16(19)17-14-8-7-12(20-3)9-11(14)2/h4-9,18H,1-3H3,(H,17,19). The lowest BCUT2D eigenvalue weighted by molar-refractivity contribution is 0.102. The van der Waals surface area contributed by atoms with Crippen LogP contribution in [0.2, 0.25) is 0 Å². The second-order valence-electron chi connectivity index (χ2n) is 4.61. The van der Waals surface area contributed by atoms with E-state index >= 15 is 0 Å². The summed E-state index contributed by atoms with van der Waals surface area (Å²) in [6.07, 6.45) is 0. The lowest BCUT2D eigenvalue weighted by atomic mass is 10.1. The van der Waals surface area contributed by atoms with Gasteiger partial charge in [-0.1, -0.05) is 12.1 Å². The molecule has 2 aromatic carbocycles. The number of ether oxygens (including phenoxy) is 1. The summed E-state index contributed by atoms with van der Waals surface area (Å²) in [5.41, 5.74) is 2.52. The molecule has 0 aliphatic rings. The molecule has 0 saturated carbocycles. The quantitative estimate of drug-likeness (QED) is 0.900. The Balaban J connectivity index is 2.26. The van der Waals surface area contributed by atoms with E-state index < -0.39 is 0 Å². The number of aromatic hydroxyl groups is 1. The molecule has 0 spiro atoms.